The van der Waals surface area contributed by atoms with Crippen molar-refractivity contribution in [1.29, 1.82) is 0 Å². The molecule has 0 N–H and O–H groups in total. The zero-order valence-corrected chi connectivity index (χ0v) is 12.7. The third kappa shape index (κ3) is 2.68. The van der Waals surface area contributed by atoms with Gasteiger partial charge in [0.1, 0.15) is 12.2 Å². The van der Waals surface area contributed by atoms with Crippen LogP contribution >= 0.6 is 0 Å². The van der Waals surface area contributed by atoms with Crippen LogP contribution < -0.4 is 0 Å². The molecule has 120 valence electrons. The normalized spacial score (nSPS) is 41.0. The number of fused-ring (bicyclic) bond motifs is 3. The van der Waals surface area contributed by atoms with Crippen LogP contribution in [0.2, 0.25) is 0 Å². The Hall–Kier alpha value is -0.980. The quantitative estimate of drug-likeness (QED) is 0.857. The molecule has 0 radical (unpaired) electrons. The summed E-state index contributed by atoms with van der Waals surface area (Å²) in [6.07, 6.45) is 0.278. The van der Waals surface area contributed by atoms with E-state index in [2.05, 4.69) is 0 Å². The molecular formula is C17H22O5. The van der Waals surface area contributed by atoms with Crippen molar-refractivity contribution in [3.05, 3.63) is 35.9 Å². The number of rotatable bonds is 3. The Morgan fingerprint density at radius 1 is 1.05 bits per heavy atom. The van der Waals surface area contributed by atoms with Gasteiger partial charge in [0.05, 0.1) is 19.3 Å². The Kier molecular flexibility index (Phi) is 4.15. The summed E-state index contributed by atoms with van der Waals surface area (Å²) >= 11 is 0. The molecule has 5 nitrogen and oxygen atoms in total. The van der Waals surface area contributed by atoms with E-state index < -0.39 is 0 Å². The summed E-state index contributed by atoms with van der Waals surface area (Å²) in [5.74, 6) is 0.340. The molecule has 0 amide bonds. The average molecular weight is 306 g/mol. The molecule has 0 bridgehead atoms. The predicted molar refractivity (Wildman–Crippen MR) is 78.1 cm³/mol. The lowest BCUT2D eigenvalue weighted by atomic mass is 9.91. The van der Waals surface area contributed by atoms with E-state index in [9.17, 15) is 0 Å². The maximum absolute atomic E-state index is 6.19. The van der Waals surface area contributed by atoms with Crippen LogP contribution in [0.1, 0.15) is 25.2 Å². The zero-order chi connectivity index (χ0) is 14.9. The smallest absolute Gasteiger partial charge is 0.184 e. The van der Waals surface area contributed by atoms with Gasteiger partial charge in [0.2, 0.25) is 0 Å². The molecule has 0 aromatic heterocycles. The molecule has 0 saturated carbocycles. The van der Waals surface area contributed by atoms with Gasteiger partial charge in [-0.3, -0.25) is 0 Å². The van der Waals surface area contributed by atoms with Crippen molar-refractivity contribution >= 4 is 0 Å². The minimum absolute atomic E-state index is 0.0328. The second-order valence-corrected chi connectivity index (χ2v) is 6.03. The molecule has 5 heteroatoms. The highest BCUT2D eigenvalue weighted by atomic mass is 16.7. The zero-order valence-electron chi connectivity index (χ0n) is 12.7. The van der Waals surface area contributed by atoms with Crippen molar-refractivity contribution in [1.82, 2.24) is 0 Å². The molecule has 1 aromatic carbocycles. The molecule has 0 unspecified atom stereocenters. The maximum atomic E-state index is 6.19. The number of hydrogen-bond donors (Lipinski definition) is 0. The third-order valence-electron chi connectivity index (χ3n) is 4.60. The lowest BCUT2D eigenvalue weighted by molar-refractivity contribution is -0.311. The lowest BCUT2D eigenvalue weighted by Crippen LogP contribution is -2.55. The first kappa shape index (κ1) is 14.6. The molecule has 6 atom stereocenters. The summed E-state index contributed by atoms with van der Waals surface area (Å²) in [6.45, 7) is 3.88. The molecule has 3 saturated heterocycles. The molecule has 3 aliphatic heterocycles. The van der Waals surface area contributed by atoms with Crippen LogP contribution in [0.5, 0.6) is 0 Å². The Morgan fingerprint density at radius 2 is 1.91 bits per heavy atom. The second-order valence-electron chi connectivity index (χ2n) is 6.03. The first-order valence-corrected chi connectivity index (χ1v) is 8.06. The molecule has 3 fully saturated rings. The van der Waals surface area contributed by atoms with Gasteiger partial charge in [0.25, 0.3) is 0 Å². The first-order valence-electron chi connectivity index (χ1n) is 8.06. The van der Waals surface area contributed by atoms with E-state index in [4.69, 9.17) is 23.7 Å². The van der Waals surface area contributed by atoms with Crippen LogP contribution in [0, 0.1) is 5.92 Å². The predicted octanol–water partition coefficient (Wildman–Crippen LogP) is 2.27. The van der Waals surface area contributed by atoms with Crippen LogP contribution in [0.25, 0.3) is 0 Å². The second kappa shape index (κ2) is 6.26. The molecule has 3 aliphatic rings. The Labute approximate surface area is 130 Å². The molecule has 1 aromatic rings. The van der Waals surface area contributed by atoms with E-state index >= 15 is 0 Å². The maximum Gasteiger partial charge on any atom is 0.184 e. The summed E-state index contributed by atoms with van der Waals surface area (Å²) in [6, 6.07) is 10.0. The largest absolute Gasteiger partial charge is 0.373 e. The van der Waals surface area contributed by atoms with Gasteiger partial charge in [-0.2, -0.15) is 0 Å². The number of hydrogen-bond acceptors (Lipinski definition) is 5. The highest BCUT2D eigenvalue weighted by Gasteiger charge is 2.50. The van der Waals surface area contributed by atoms with E-state index in [1.54, 1.807) is 0 Å². The van der Waals surface area contributed by atoms with Crippen molar-refractivity contribution in [3.8, 4) is 0 Å². The van der Waals surface area contributed by atoms with E-state index in [0.717, 1.165) is 12.0 Å². The highest BCUT2D eigenvalue weighted by Crippen LogP contribution is 2.40. The third-order valence-corrected chi connectivity index (χ3v) is 4.60. The van der Waals surface area contributed by atoms with Crippen molar-refractivity contribution in [3.63, 3.8) is 0 Å². The molecule has 0 spiro atoms. The van der Waals surface area contributed by atoms with E-state index in [1.807, 2.05) is 37.3 Å². The Morgan fingerprint density at radius 3 is 2.73 bits per heavy atom. The molecule has 4 rings (SSSR count). The van der Waals surface area contributed by atoms with Gasteiger partial charge in [-0.1, -0.05) is 30.3 Å². The van der Waals surface area contributed by atoms with Crippen molar-refractivity contribution in [2.75, 3.05) is 19.8 Å². The van der Waals surface area contributed by atoms with Crippen LogP contribution in [-0.4, -0.2) is 44.4 Å². The molecule has 0 aliphatic carbocycles. The summed E-state index contributed by atoms with van der Waals surface area (Å²) < 4.78 is 29.6. The number of benzene rings is 1. The minimum Gasteiger partial charge on any atom is -0.373 e. The van der Waals surface area contributed by atoms with Crippen molar-refractivity contribution < 1.29 is 23.7 Å². The van der Waals surface area contributed by atoms with Gasteiger partial charge in [0, 0.05) is 24.5 Å². The monoisotopic (exact) mass is 306 g/mol. The van der Waals surface area contributed by atoms with Crippen LogP contribution in [0.3, 0.4) is 0 Å². The molecule has 22 heavy (non-hydrogen) atoms. The van der Waals surface area contributed by atoms with Crippen LogP contribution in [-0.2, 0) is 23.7 Å². The number of ether oxygens (including phenoxy) is 5. The van der Waals surface area contributed by atoms with Gasteiger partial charge in [0.15, 0.2) is 12.6 Å². The van der Waals surface area contributed by atoms with Gasteiger partial charge < -0.3 is 23.7 Å². The standard InChI is InChI=1S/C17H22O5/c1-2-18-14-8-12-9-19-13-10-20-17(11-6-4-3-5-7-11)22-16(13)15(12)21-14/h3-7,12-17H,2,8-10H2,1H3/t12-,13+,14+,15-,16+,17+/m0/s1. The molecular weight excluding hydrogens is 284 g/mol. The van der Waals surface area contributed by atoms with Crippen LogP contribution in [0.4, 0.5) is 0 Å². The van der Waals surface area contributed by atoms with E-state index in [1.165, 1.54) is 0 Å². The fourth-order valence-electron chi connectivity index (χ4n) is 3.54. The van der Waals surface area contributed by atoms with Crippen molar-refractivity contribution in [2.24, 2.45) is 5.92 Å². The van der Waals surface area contributed by atoms with Gasteiger partial charge in [-0.05, 0) is 6.92 Å². The fraction of sp³-hybridized carbons (Fsp3) is 0.647. The summed E-state index contributed by atoms with van der Waals surface area (Å²) in [5, 5.41) is 0. The van der Waals surface area contributed by atoms with Crippen molar-refractivity contribution in [2.45, 2.75) is 44.2 Å². The Bertz CT molecular complexity index is 493. The molecule has 3 heterocycles. The first-order chi connectivity index (χ1) is 10.8. The van der Waals surface area contributed by atoms with Gasteiger partial charge in [-0.25, -0.2) is 0 Å². The average Bonchev–Trinajstić information content (AvgIpc) is 2.99. The van der Waals surface area contributed by atoms with Crippen LogP contribution in [0.15, 0.2) is 30.3 Å². The van der Waals surface area contributed by atoms with Gasteiger partial charge >= 0.3 is 0 Å². The Balaban J connectivity index is 1.48. The summed E-state index contributed by atoms with van der Waals surface area (Å²) in [4.78, 5) is 0. The lowest BCUT2D eigenvalue weighted by Gasteiger charge is -2.43. The van der Waals surface area contributed by atoms with E-state index in [-0.39, 0.29) is 30.9 Å². The van der Waals surface area contributed by atoms with Gasteiger partial charge in [-0.15, -0.1) is 0 Å². The fourth-order valence-corrected chi connectivity index (χ4v) is 3.54. The SMILES string of the molecule is CCO[C@H]1C[C@H]2CO[C@@H]3CO[C@@H](c4ccccc4)O[C@H]3[C@H]2O1. The minimum atomic E-state index is -0.348. The topological polar surface area (TPSA) is 46.2 Å². The summed E-state index contributed by atoms with van der Waals surface area (Å²) in [5.41, 5.74) is 1.03. The highest BCUT2D eigenvalue weighted by molar-refractivity contribution is 5.16. The van der Waals surface area contributed by atoms with E-state index in [0.29, 0.717) is 25.7 Å². The summed E-state index contributed by atoms with van der Waals surface area (Å²) in [7, 11) is 0.